The van der Waals surface area contributed by atoms with E-state index in [-0.39, 0.29) is 18.4 Å². The van der Waals surface area contributed by atoms with Gasteiger partial charge in [0.2, 0.25) is 0 Å². The number of aliphatic hydroxyl groups is 1. The van der Waals surface area contributed by atoms with Crippen LogP contribution >= 0.6 is 0 Å². The van der Waals surface area contributed by atoms with Crippen molar-refractivity contribution >= 4 is 5.97 Å². The summed E-state index contributed by atoms with van der Waals surface area (Å²) in [7, 11) is 0. The van der Waals surface area contributed by atoms with Gasteiger partial charge in [-0.3, -0.25) is 0 Å². The van der Waals surface area contributed by atoms with Crippen molar-refractivity contribution in [3.05, 3.63) is 48.6 Å². The molecule has 1 saturated carbocycles. The summed E-state index contributed by atoms with van der Waals surface area (Å²) in [5.41, 5.74) is -0.279. The Morgan fingerprint density at radius 1 is 1.38 bits per heavy atom. The minimum Gasteiger partial charge on any atom is -0.460 e. The van der Waals surface area contributed by atoms with Crippen LogP contribution in [0.2, 0.25) is 0 Å². The van der Waals surface area contributed by atoms with Gasteiger partial charge in [0.15, 0.2) is 5.60 Å². The van der Waals surface area contributed by atoms with E-state index in [1.807, 2.05) is 18.2 Å². The van der Waals surface area contributed by atoms with Crippen LogP contribution in [-0.2, 0) is 9.53 Å². The molecule has 1 aliphatic carbocycles. The van der Waals surface area contributed by atoms with Crippen LogP contribution in [0.4, 0.5) is 0 Å². The molecule has 3 nitrogen and oxygen atoms in total. The lowest BCUT2D eigenvalue weighted by molar-refractivity contribution is -0.171. The average molecular weight is 288 g/mol. The molecule has 3 heteroatoms. The predicted octanol–water partition coefficient (Wildman–Crippen LogP) is 3.58. The molecule has 21 heavy (non-hydrogen) atoms. The lowest BCUT2D eigenvalue weighted by Crippen LogP contribution is -2.40. The zero-order valence-corrected chi connectivity index (χ0v) is 12.6. The average Bonchev–Trinajstić information content (AvgIpc) is 2.48. The predicted molar refractivity (Wildman–Crippen MR) is 83.0 cm³/mol. The van der Waals surface area contributed by atoms with Gasteiger partial charge in [-0.1, -0.05) is 42.8 Å². The van der Waals surface area contributed by atoms with Gasteiger partial charge in [-0.05, 0) is 31.7 Å². The summed E-state index contributed by atoms with van der Waals surface area (Å²) in [6.07, 6.45) is 5.68. The van der Waals surface area contributed by atoms with Gasteiger partial charge in [0, 0.05) is 12.3 Å². The highest BCUT2D eigenvalue weighted by molar-refractivity contribution is 5.79. The Morgan fingerprint density at radius 2 is 2.05 bits per heavy atom. The number of hydrogen-bond acceptors (Lipinski definition) is 3. The summed E-state index contributed by atoms with van der Waals surface area (Å²) in [5, 5.41) is 10.1. The first-order valence-corrected chi connectivity index (χ1v) is 7.64. The topological polar surface area (TPSA) is 46.5 Å². The van der Waals surface area contributed by atoms with E-state index in [1.165, 1.54) is 18.6 Å². The second kappa shape index (κ2) is 6.90. The van der Waals surface area contributed by atoms with Gasteiger partial charge < -0.3 is 9.84 Å². The van der Waals surface area contributed by atoms with Gasteiger partial charge in [-0.25, -0.2) is 4.79 Å². The van der Waals surface area contributed by atoms with Crippen LogP contribution in [0.5, 0.6) is 0 Å². The first-order chi connectivity index (χ1) is 10.0. The zero-order valence-electron chi connectivity index (χ0n) is 12.6. The van der Waals surface area contributed by atoms with E-state index in [1.54, 1.807) is 0 Å². The van der Waals surface area contributed by atoms with E-state index < -0.39 is 11.6 Å². The highest BCUT2D eigenvalue weighted by atomic mass is 16.6. The van der Waals surface area contributed by atoms with Crippen LogP contribution in [0.25, 0.3) is 0 Å². The number of rotatable bonds is 5. The van der Waals surface area contributed by atoms with Crippen molar-refractivity contribution < 1.29 is 14.6 Å². The first-order valence-electron chi connectivity index (χ1n) is 7.64. The van der Waals surface area contributed by atoms with Crippen molar-refractivity contribution in [3.8, 4) is 0 Å². The van der Waals surface area contributed by atoms with Crippen LogP contribution in [0.3, 0.4) is 0 Å². The fourth-order valence-corrected chi connectivity index (χ4v) is 2.95. The molecule has 1 aromatic carbocycles. The summed E-state index contributed by atoms with van der Waals surface area (Å²) in [4.78, 5) is 12.2. The molecule has 1 aliphatic rings. The highest BCUT2D eigenvalue weighted by Gasteiger charge is 2.36. The van der Waals surface area contributed by atoms with Crippen molar-refractivity contribution in [1.82, 2.24) is 0 Å². The summed E-state index contributed by atoms with van der Waals surface area (Å²) in [5.74, 6) is -0.321. The molecule has 0 aromatic heterocycles. The van der Waals surface area contributed by atoms with Gasteiger partial charge in [0.25, 0.3) is 0 Å². The fraction of sp³-hybridized carbons (Fsp3) is 0.500. The minimum atomic E-state index is -1.49. The van der Waals surface area contributed by atoms with Crippen molar-refractivity contribution in [1.29, 1.82) is 0 Å². The van der Waals surface area contributed by atoms with Crippen molar-refractivity contribution in [2.75, 3.05) is 0 Å². The summed E-state index contributed by atoms with van der Waals surface area (Å²) < 4.78 is 5.64. The summed E-state index contributed by atoms with van der Waals surface area (Å²) in [6.45, 7) is 5.05. The third kappa shape index (κ3) is 3.94. The third-order valence-corrected chi connectivity index (χ3v) is 4.17. The van der Waals surface area contributed by atoms with E-state index in [9.17, 15) is 9.90 Å². The van der Waals surface area contributed by atoms with Crippen LogP contribution in [0.1, 0.15) is 50.5 Å². The maximum atomic E-state index is 12.2. The Morgan fingerprint density at radius 3 is 2.71 bits per heavy atom. The molecular formula is C18H24O3. The minimum absolute atomic E-state index is 0.148. The lowest BCUT2D eigenvalue weighted by Gasteiger charge is -2.33. The fourth-order valence-electron chi connectivity index (χ4n) is 2.95. The van der Waals surface area contributed by atoms with Gasteiger partial charge in [0.1, 0.15) is 6.10 Å². The molecule has 3 atom stereocenters. The molecule has 0 heterocycles. The van der Waals surface area contributed by atoms with Crippen molar-refractivity contribution in [2.45, 2.75) is 56.7 Å². The van der Waals surface area contributed by atoms with Crippen molar-refractivity contribution in [2.24, 2.45) is 0 Å². The van der Waals surface area contributed by atoms with Gasteiger partial charge in [-0.2, -0.15) is 0 Å². The normalized spacial score (nSPS) is 24.9. The Labute approximate surface area is 126 Å². The van der Waals surface area contributed by atoms with Crippen LogP contribution in [0, 0.1) is 0 Å². The molecule has 1 unspecified atom stereocenters. The Balaban J connectivity index is 2.09. The van der Waals surface area contributed by atoms with Crippen LogP contribution in [0.15, 0.2) is 43.0 Å². The highest BCUT2D eigenvalue weighted by Crippen LogP contribution is 2.35. The van der Waals surface area contributed by atoms with Crippen LogP contribution < -0.4 is 0 Å². The molecule has 2 rings (SSSR count). The number of ether oxygens (including phenoxy) is 1. The van der Waals surface area contributed by atoms with Gasteiger partial charge in [-0.15, -0.1) is 6.58 Å². The molecule has 0 bridgehead atoms. The molecule has 0 radical (unpaired) electrons. The van der Waals surface area contributed by atoms with E-state index in [2.05, 4.69) is 18.7 Å². The molecule has 0 spiro atoms. The van der Waals surface area contributed by atoms with Gasteiger partial charge in [0.05, 0.1) is 0 Å². The second-order valence-electron chi connectivity index (χ2n) is 6.01. The van der Waals surface area contributed by atoms with Gasteiger partial charge >= 0.3 is 5.97 Å². The number of carbonyl (C=O) groups is 1. The maximum absolute atomic E-state index is 12.2. The third-order valence-electron chi connectivity index (χ3n) is 4.17. The monoisotopic (exact) mass is 288 g/mol. The first kappa shape index (κ1) is 15.8. The molecule has 0 aliphatic heterocycles. The quantitative estimate of drug-likeness (QED) is 0.665. The van der Waals surface area contributed by atoms with E-state index in [0.717, 1.165) is 25.7 Å². The van der Waals surface area contributed by atoms with E-state index in [0.29, 0.717) is 0 Å². The molecule has 0 saturated heterocycles. The van der Waals surface area contributed by atoms with E-state index >= 15 is 0 Å². The largest absolute Gasteiger partial charge is 0.460 e. The summed E-state index contributed by atoms with van der Waals surface area (Å²) in [6, 6.07) is 10.2. The Hall–Kier alpha value is -1.61. The smallest absolute Gasteiger partial charge is 0.338 e. The SMILES string of the molecule is C=CCC(C)(O)C(=O)O[C@@H]1CCCC[C@H]1c1ccccc1. The Bertz CT molecular complexity index is 478. The molecular weight excluding hydrogens is 264 g/mol. The zero-order chi connectivity index (χ0) is 15.3. The number of carbonyl (C=O) groups excluding carboxylic acids is 1. The van der Waals surface area contributed by atoms with E-state index in [4.69, 9.17) is 4.74 Å². The summed E-state index contributed by atoms with van der Waals surface area (Å²) >= 11 is 0. The number of benzene rings is 1. The standard InChI is InChI=1S/C18H24O3/c1-3-13-18(2,20)17(19)21-16-12-8-7-11-15(16)14-9-5-4-6-10-14/h3-6,9-10,15-16,20H,1,7-8,11-13H2,2H3/t15-,16+,18?/m0/s1. The molecule has 0 amide bonds. The second-order valence-corrected chi connectivity index (χ2v) is 6.01. The lowest BCUT2D eigenvalue weighted by atomic mass is 9.81. The van der Waals surface area contributed by atoms with Crippen LogP contribution in [-0.4, -0.2) is 22.8 Å². The number of esters is 1. The Kier molecular flexibility index (Phi) is 5.18. The molecule has 1 aromatic rings. The molecule has 1 N–H and O–H groups in total. The molecule has 1 fully saturated rings. The van der Waals surface area contributed by atoms with Crippen molar-refractivity contribution in [3.63, 3.8) is 0 Å². The molecule has 114 valence electrons. The number of hydrogen-bond donors (Lipinski definition) is 1. The maximum Gasteiger partial charge on any atom is 0.338 e.